The monoisotopic (exact) mass is 249 g/mol. The van der Waals surface area contributed by atoms with Gasteiger partial charge in [-0.15, -0.1) is 0 Å². The third kappa shape index (κ3) is 3.55. The molecule has 1 heterocycles. The molecular weight excluding hydrogens is 235 g/mol. The van der Waals surface area contributed by atoms with Gasteiger partial charge in [0.05, 0.1) is 12.1 Å². The fourth-order valence-electron chi connectivity index (χ4n) is 1.08. The summed E-state index contributed by atoms with van der Waals surface area (Å²) in [5.41, 5.74) is 3.57. The lowest BCUT2D eigenvalue weighted by molar-refractivity contribution is -0.141. The van der Waals surface area contributed by atoms with Crippen molar-refractivity contribution in [1.82, 2.24) is 9.97 Å². The van der Waals surface area contributed by atoms with Gasteiger partial charge in [0.15, 0.2) is 11.5 Å². The zero-order valence-corrected chi connectivity index (χ0v) is 9.80. The van der Waals surface area contributed by atoms with Crippen LogP contribution in [0.2, 0.25) is 0 Å². The summed E-state index contributed by atoms with van der Waals surface area (Å²) < 4.78 is 42.7. The molecule has 0 fully saturated rings. The van der Waals surface area contributed by atoms with Crippen molar-refractivity contribution in [3.05, 3.63) is 17.6 Å². The van der Waals surface area contributed by atoms with Crippen LogP contribution in [0.25, 0.3) is 0 Å². The first kappa shape index (κ1) is 13.7. The van der Waals surface area contributed by atoms with E-state index in [4.69, 9.17) is 10.5 Å². The summed E-state index contributed by atoms with van der Waals surface area (Å²) in [5, 5.41) is 0. The Labute approximate surface area is 97.0 Å². The Morgan fingerprint density at radius 2 is 1.88 bits per heavy atom. The fraction of sp³-hybridized carbons (Fsp3) is 0.600. The fourth-order valence-corrected chi connectivity index (χ4v) is 1.08. The predicted molar refractivity (Wildman–Crippen MR) is 55.4 cm³/mol. The van der Waals surface area contributed by atoms with Crippen molar-refractivity contribution in [3.63, 3.8) is 0 Å². The summed E-state index contributed by atoms with van der Waals surface area (Å²) in [6.45, 7) is 4.93. The van der Waals surface area contributed by atoms with Crippen molar-refractivity contribution in [2.24, 2.45) is 5.73 Å². The topological polar surface area (TPSA) is 61.0 Å². The average molecular weight is 249 g/mol. The van der Waals surface area contributed by atoms with Crippen molar-refractivity contribution in [3.8, 4) is 5.88 Å². The normalized spacial score (nSPS) is 12.6. The summed E-state index contributed by atoms with van der Waals surface area (Å²) in [6, 6.07) is 0.763. The second-order valence-corrected chi connectivity index (χ2v) is 4.07. The Morgan fingerprint density at radius 3 is 2.29 bits per heavy atom. The molecule has 0 radical (unpaired) electrons. The van der Waals surface area contributed by atoms with Crippen LogP contribution in [0.3, 0.4) is 0 Å². The van der Waals surface area contributed by atoms with Gasteiger partial charge in [-0.25, -0.2) is 4.98 Å². The molecule has 0 aliphatic carbocycles. The maximum atomic E-state index is 12.6. The van der Waals surface area contributed by atoms with Gasteiger partial charge in [0.2, 0.25) is 5.88 Å². The predicted octanol–water partition coefficient (Wildman–Crippen LogP) is 2.09. The van der Waals surface area contributed by atoms with Crippen LogP contribution in [-0.2, 0) is 11.7 Å². The maximum absolute atomic E-state index is 12.6. The first-order valence-electron chi connectivity index (χ1n) is 5.03. The van der Waals surface area contributed by atoms with Gasteiger partial charge in [-0.2, -0.15) is 18.2 Å². The molecule has 0 aliphatic heterocycles. The molecule has 17 heavy (non-hydrogen) atoms. The molecule has 0 amide bonds. The molecule has 0 saturated carbocycles. The molecule has 7 heteroatoms. The van der Waals surface area contributed by atoms with E-state index in [-0.39, 0.29) is 18.3 Å². The van der Waals surface area contributed by atoms with Crippen LogP contribution in [0.1, 0.15) is 32.3 Å². The lowest BCUT2D eigenvalue weighted by Gasteiger charge is -2.19. The van der Waals surface area contributed by atoms with Crippen LogP contribution in [0, 0.1) is 0 Å². The molecule has 0 spiro atoms. The smallest absolute Gasteiger partial charge is 0.433 e. The second kappa shape index (κ2) is 4.48. The Bertz CT molecular complexity index is 367. The average Bonchev–Trinajstić information content (AvgIpc) is 2.15. The van der Waals surface area contributed by atoms with Gasteiger partial charge in [0.25, 0.3) is 0 Å². The van der Waals surface area contributed by atoms with E-state index in [0.717, 1.165) is 6.07 Å². The molecular formula is C10H14F3N3O. The van der Waals surface area contributed by atoms with Crippen molar-refractivity contribution in [1.29, 1.82) is 0 Å². The third-order valence-corrected chi connectivity index (χ3v) is 1.86. The van der Waals surface area contributed by atoms with Crippen LogP contribution < -0.4 is 10.5 Å². The SMILES string of the molecule is CCOc1cc(C(F)(F)F)nc(C(C)(C)N)n1. The van der Waals surface area contributed by atoms with Gasteiger partial charge in [0.1, 0.15) is 0 Å². The molecule has 0 aromatic carbocycles. The first-order valence-corrected chi connectivity index (χ1v) is 5.03. The first-order chi connectivity index (χ1) is 7.64. The van der Waals surface area contributed by atoms with E-state index >= 15 is 0 Å². The van der Waals surface area contributed by atoms with Gasteiger partial charge in [-0.1, -0.05) is 0 Å². The zero-order valence-electron chi connectivity index (χ0n) is 9.80. The van der Waals surface area contributed by atoms with Crippen LogP contribution in [-0.4, -0.2) is 16.6 Å². The summed E-state index contributed by atoms with van der Waals surface area (Å²) >= 11 is 0. The van der Waals surface area contributed by atoms with E-state index in [9.17, 15) is 13.2 Å². The molecule has 1 rings (SSSR count). The minimum absolute atomic E-state index is 0.101. The lowest BCUT2D eigenvalue weighted by Crippen LogP contribution is -2.32. The van der Waals surface area contributed by atoms with Crippen LogP contribution in [0.4, 0.5) is 13.2 Å². The molecule has 0 bridgehead atoms. The van der Waals surface area contributed by atoms with E-state index in [1.165, 1.54) is 13.8 Å². The van der Waals surface area contributed by atoms with Gasteiger partial charge < -0.3 is 10.5 Å². The highest BCUT2D eigenvalue weighted by molar-refractivity contribution is 5.21. The molecule has 4 nitrogen and oxygen atoms in total. The number of alkyl halides is 3. The number of hydrogen-bond donors (Lipinski definition) is 1. The number of rotatable bonds is 3. The highest BCUT2D eigenvalue weighted by atomic mass is 19.4. The van der Waals surface area contributed by atoms with Gasteiger partial charge in [-0.05, 0) is 20.8 Å². The zero-order chi connectivity index (χ0) is 13.3. The Kier molecular flexibility index (Phi) is 3.61. The minimum Gasteiger partial charge on any atom is -0.478 e. The highest BCUT2D eigenvalue weighted by Crippen LogP contribution is 2.30. The van der Waals surface area contributed by atoms with Gasteiger partial charge in [-0.3, -0.25) is 0 Å². The summed E-state index contributed by atoms with van der Waals surface area (Å²) in [4.78, 5) is 7.27. The molecule has 96 valence electrons. The second-order valence-electron chi connectivity index (χ2n) is 4.07. The molecule has 1 aromatic rings. The highest BCUT2D eigenvalue weighted by Gasteiger charge is 2.35. The van der Waals surface area contributed by atoms with E-state index in [2.05, 4.69) is 9.97 Å². The van der Waals surface area contributed by atoms with Crippen molar-refractivity contribution >= 4 is 0 Å². The molecule has 2 N–H and O–H groups in total. The Morgan fingerprint density at radius 1 is 1.29 bits per heavy atom. The summed E-state index contributed by atoms with van der Waals surface area (Å²) in [7, 11) is 0. The number of hydrogen-bond acceptors (Lipinski definition) is 4. The third-order valence-electron chi connectivity index (χ3n) is 1.86. The standard InChI is InChI=1S/C10H14F3N3O/c1-4-17-7-5-6(10(11,12)13)15-8(16-7)9(2,3)14/h5H,4,14H2,1-3H3. The van der Waals surface area contributed by atoms with E-state index in [1.54, 1.807) is 6.92 Å². The van der Waals surface area contributed by atoms with Crippen molar-refractivity contribution in [2.75, 3.05) is 6.61 Å². The molecule has 1 aromatic heterocycles. The number of ether oxygens (including phenoxy) is 1. The van der Waals surface area contributed by atoms with E-state index in [1.807, 2.05) is 0 Å². The minimum atomic E-state index is -4.55. The number of halogens is 3. The van der Waals surface area contributed by atoms with Crippen molar-refractivity contribution in [2.45, 2.75) is 32.5 Å². The Hall–Kier alpha value is -1.37. The number of nitrogens with zero attached hydrogens (tertiary/aromatic N) is 2. The lowest BCUT2D eigenvalue weighted by atomic mass is 10.1. The summed E-state index contributed by atoms with van der Waals surface area (Å²) in [6.07, 6.45) is -4.55. The number of nitrogens with two attached hydrogens (primary N) is 1. The quantitative estimate of drug-likeness (QED) is 0.891. The van der Waals surface area contributed by atoms with Crippen LogP contribution in [0.5, 0.6) is 5.88 Å². The van der Waals surface area contributed by atoms with Crippen LogP contribution in [0.15, 0.2) is 6.07 Å². The number of aromatic nitrogens is 2. The van der Waals surface area contributed by atoms with E-state index in [0.29, 0.717) is 0 Å². The summed E-state index contributed by atoms with van der Waals surface area (Å²) in [5.74, 6) is -0.223. The van der Waals surface area contributed by atoms with Crippen molar-refractivity contribution < 1.29 is 17.9 Å². The maximum Gasteiger partial charge on any atom is 0.433 e. The van der Waals surface area contributed by atoms with E-state index < -0.39 is 17.4 Å². The van der Waals surface area contributed by atoms with Gasteiger partial charge in [0, 0.05) is 6.07 Å². The largest absolute Gasteiger partial charge is 0.478 e. The van der Waals surface area contributed by atoms with Gasteiger partial charge >= 0.3 is 6.18 Å². The Balaban J connectivity index is 3.29. The molecule has 0 saturated heterocycles. The molecule has 0 aliphatic rings. The molecule has 0 unspecified atom stereocenters. The molecule has 0 atom stereocenters. The van der Waals surface area contributed by atoms with Crippen LogP contribution >= 0.6 is 0 Å².